The number of aromatic nitrogens is 1. The standard InChI is InChI=1S/C21H25F2N3O2/c1-26(16-5-3-2-4-6-16)10-9-14-11-17(22)20(18(23)12-14)28-19-8-7-15(13-25-19)21(24)27/h7-8,11-13,16H,2-6,9-10H2,1H3,(H2,24,27). The average Bonchev–Trinajstić information content (AvgIpc) is 2.70. The second kappa shape index (κ2) is 9.10. The van der Waals surface area contributed by atoms with Crippen LogP contribution in [0.15, 0.2) is 30.5 Å². The van der Waals surface area contributed by atoms with Crippen molar-refractivity contribution >= 4 is 5.91 Å². The van der Waals surface area contributed by atoms with Gasteiger partial charge in [0, 0.05) is 24.8 Å². The lowest BCUT2D eigenvalue weighted by molar-refractivity contribution is 0.1000. The SMILES string of the molecule is CN(CCc1cc(F)c(Oc2ccc(C(N)=O)cn2)c(F)c1)C1CCCCC1. The zero-order chi connectivity index (χ0) is 20.1. The molecule has 1 fully saturated rings. The van der Waals surface area contributed by atoms with Crippen molar-refractivity contribution in [1.29, 1.82) is 0 Å². The Morgan fingerprint density at radius 2 is 1.89 bits per heavy atom. The Hall–Kier alpha value is -2.54. The summed E-state index contributed by atoms with van der Waals surface area (Å²) >= 11 is 0. The molecule has 150 valence electrons. The van der Waals surface area contributed by atoms with E-state index in [9.17, 15) is 13.6 Å². The summed E-state index contributed by atoms with van der Waals surface area (Å²) < 4.78 is 34.0. The van der Waals surface area contributed by atoms with E-state index in [1.807, 2.05) is 0 Å². The highest BCUT2D eigenvalue weighted by Crippen LogP contribution is 2.28. The molecule has 0 radical (unpaired) electrons. The zero-order valence-corrected chi connectivity index (χ0v) is 16.0. The van der Waals surface area contributed by atoms with Gasteiger partial charge in [-0.1, -0.05) is 19.3 Å². The van der Waals surface area contributed by atoms with Gasteiger partial charge in [0.05, 0.1) is 5.56 Å². The van der Waals surface area contributed by atoms with Gasteiger partial charge in [-0.05, 0) is 50.1 Å². The minimum atomic E-state index is -0.781. The highest BCUT2D eigenvalue weighted by molar-refractivity contribution is 5.92. The number of nitrogens with zero attached hydrogens (tertiary/aromatic N) is 2. The molecule has 1 saturated carbocycles. The van der Waals surface area contributed by atoms with Crippen LogP contribution in [-0.2, 0) is 6.42 Å². The number of carbonyl (C=O) groups is 1. The molecule has 2 aromatic rings. The molecule has 0 bridgehead atoms. The maximum atomic E-state index is 14.4. The molecule has 1 aromatic heterocycles. The van der Waals surface area contributed by atoms with E-state index in [0.29, 0.717) is 18.0 Å². The van der Waals surface area contributed by atoms with E-state index < -0.39 is 23.3 Å². The van der Waals surface area contributed by atoms with E-state index in [0.717, 1.165) is 6.54 Å². The summed E-state index contributed by atoms with van der Waals surface area (Å²) in [6, 6.07) is 5.87. The van der Waals surface area contributed by atoms with Crippen LogP contribution in [0.2, 0.25) is 0 Å². The quantitative estimate of drug-likeness (QED) is 0.775. The van der Waals surface area contributed by atoms with Crippen molar-refractivity contribution in [2.75, 3.05) is 13.6 Å². The van der Waals surface area contributed by atoms with Crippen LogP contribution in [0.1, 0.15) is 48.0 Å². The van der Waals surface area contributed by atoms with E-state index in [-0.39, 0.29) is 11.4 Å². The van der Waals surface area contributed by atoms with Gasteiger partial charge in [-0.25, -0.2) is 13.8 Å². The topological polar surface area (TPSA) is 68.5 Å². The number of ether oxygens (including phenoxy) is 1. The smallest absolute Gasteiger partial charge is 0.250 e. The van der Waals surface area contributed by atoms with E-state index in [4.69, 9.17) is 10.5 Å². The van der Waals surface area contributed by atoms with Crippen molar-refractivity contribution in [1.82, 2.24) is 9.88 Å². The number of primary amides is 1. The zero-order valence-electron chi connectivity index (χ0n) is 16.0. The molecule has 0 aliphatic heterocycles. The van der Waals surface area contributed by atoms with Crippen LogP contribution in [0.5, 0.6) is 11.6 Å². The molecule has 1 heterocycles. The molecule has 3 rings (SSSR count). The predicted molar refractivity (Wildman–Crippen MR) is 102 cm³/mol. The number of likely N-dealkylation sites (N-methyl/N-ethyl adjacent to an activating group) is 1. The van der Waals surface area contributed by atoms with Crippen LogP contribution in [-0.4, -0.2) is 35.4 Å². The fourth-order valence-electron chi connectivity index (χ4n) is 3.56. The third-order valence-corrected chi connectivity index (χ3v) is 5.24. The van der Waals surface area contributed by atoms with Crippen molar-refractivity contribution in [3.8, 4) is 11.6 Å². The van der Waals surface area contributed by atoms with Gasteiger partial charge >= 0.3 is 0 Å². The number of carbonyl (C=O) groups excluding carboxylic acids is 1. The van der Waals surface area contributed by atoms with E-state index in [1.165, 1.54) is 62.6 Å². The molecule has 1 aliphatic rings. The summed E-state index contributed by atoms with van der Waals surface area (Å²) in [5.74, 6) is -2.73. The molecular formula is C21H25F2N3O2. The summed E-state index contributed by atoms with van der Waals surface area (Å²) in [5, 5.41) is 0. The molecule has 1 amide bonds. The second-order valence-electron chi connectivity index (χ2n) is 7.26. The normalized spacial score (nSPS) is 15.0. The van der Waals surface area contributed by atoms with Crippen LogP contribution < -0.4 is 10.5 Å². The molecule has 0 atom stereocenters. The van der Waals surface area contributed by atoms with Gasteiger partial charge in [0.2, 0.25) is 17.5 Å². The monoisotopic (exact) mass is 389 g/mol. The second-order valence-corrected chi connectivity index (χ2v) is 7.26. The molecular weight excluding hydrogens is 364 g/mol. The highest BCUT2D eigenvalue weighted by atomic mass is 19.1. The van der Waals surface area contributed by atoms with Gasteiger partial charge in [-0.15, -0.1) is 0 Å². The Kier molecular flexibility index (Phi) is 6.57. The molecule has 2 N–H and O–H groups in total. The van der Waals surface area contributed by atoms with E-state index >= 15 is 0 Å². The third kappa shape index (κ3) is 5.04. The number of halogens is 2. The fourth-order valence-corrected chi connectivity index (χ4v) is 3.56. The minimum absolute atomic E-state index is 0.0208. The number of hydrogen-bond donors (Lipinski definition) is 1. The Labute approximate surface area is 163 Å². The summed E-state index contributed by atoms with van der Waals surface area (Å²) in [5.41, 5.74) is 5.91. The van der Waals surface area contributed by atoms with Crippen molar-refractivity contribution in [3.05, 3.63) is 53.2 Å². The number of nitrogens with two attached hydrogens (primary N) is 1. The minimum Gasteiger partial charge on any atom is -0.433 e. The summed E-state index contributed by atoms with van der Waals surface area (Å²) in [6.07, 6.45) is 7.93. The first kappa shape index (κ1) is 20.2. The average molecular weight is 389 g/mol. The predicted octanol–water partition coefficient (Wildman–Crippen LogP) is 4.06. The first-order chi connectivity index (χ1) is 13.4. The number of benzene rings is 1. The molecule has 0 spiro atoms. The van der Waals surface area contributed by atoms with Crippen molar-refractivity contribution in [3.63, 3.8) is 0 Å². The Morgan fingerprint density at radius 3 is 2.46 bits per heavy atom. The van der Waals surface area contributed by atoms with Gasteiger partial charge in [0.1, 0.15) is 0 Å². The van der Waals surface area contributed by atoms with Crippen LogP contribution in [0.25, 0.3) is 0 Å². The number of amides is 1. The van der Waals surface area contributed by atoms with E-state index in [2.05, 4.69) is 16.9 Å². The van der Waals surface area contributed by atoms with Crippen LogP contribution in [0, 0.1) is 11.6 Å². The molecule has 28 heavy (non-hydrogen) atoms. The summed E-state index contributed by atoms with van der Waals surface area (Å²) in [4.78, 5) is 17.2. The van der Waals surface area contributed by atoms with E-state index in [1.54, 1.807) is 0 Å². The number of rotatable bonds is 7. The highest BCUT2D eigenvalue weighted by Gasteiger charge is 2.19. The number of pyridine rings is 1. The first-order valence-corrected chi connectivity index (χ1v) is 9.56. The lowest BCUT2D eigenvalue weighted by atomic mass is 9.94. The van der Waals surface area contributed by atoms with Gasteiger partial charge in [-0.3, -0.25) is 4.79 Å². The third-order valence-electron chi connectivity index (χ3n) is 5.24. The molecule has 1 aromatic carbocycles. The largest absolute Gasteiger partial charge is 0.433 e. The maximum Gasteiger partial charge on any atom is 0.250 e. The molecule has 7 heteroatoms. The van der Waals surface area contributed by atoms with Crippen molar-refractivity contribution in [2.24, 2.45) is 5.73 Å². The van der Waals surface area contributed by atoms with Gasteiger partial charge < -0.3 is 15.4 Å². The van der Waals surface area contributed by atoms with Crippen LogP contribution in [0.3, 0.4) is 0 Å². The van der Waals surface area contributed by atoms with Gasteiger partial charge in [0.25, 0.3) is 0 Å². The van der Waals surface area contributed by atoms with Crippen molar-refractivity contribution in [2.45, 2.75) is 44.6 Å². The summed E-state index contributed by atoms with van der Waals surface area (Å²) in [6.45, 7) is 0.750. The fraction of sp³-hybridized carbons (Fsp3) is 0.429. The number of hydrogen-bond acceptors (Lipinski definition) is 4. The summed E-state index contributed by atoms with van der Waals surface area (Å²) in [7, 11) is 2.07. The Balaban J connectivity index is 1.64. The molecule has 1 aliphatic carbocycles. The van der Waals surface area contributed by atoms with Crippen LogP contribution in [0.4, 0.5) is 8.78 Å². The molecule has 0 unspecified atom stereocenters. The Bertz CT molecular complexity index is 798. The van der Waals surface area contributed by atoms with Crippen LogP contribution >= 0.6 is 0 Å². The molecule has 0 saturated heterocycles. The lowest BCUT2D eigenvalue weighted by Gasteiger charge is -2.31. The first-order valence-electron chi connectivity index (χ1n) is 9.56. The lowest BCUT2D eigenvalue weighted by Crippen LogP contribution is -2.34. The van der Waals surface area contributed by atoms with Gasteiger partial charge in [0.15, 0.2) is 11.6 Å². The molecule has 5 nitrogen and oxygen atoms in total. The van der Waals surface area contributed by atoms with Crippen molar-refractivity contribution < 1.29 is 18.3 Å². The van der Waals surface area contributed by atoms with Gasteiger partial charge in [-0.2, -0.15) is 0 Å². The maximum absolute atomic E-state index is 14.4. The Morgan fingerprint density at radius 1 is 1.21 bits per heavy atom.